The van der Waals surface area contributed by atoms with E-state index in [9.17, 15) is 0 Å². The Morgan fingerprint density at radius 2 is 1.59 bits per heavy atom. The third-order valence-corrected chi connectivity index (χ3v) is 4.37. The molecule has 112 valence electrons. The lowest BCUT2D eigenvalue weighted by Crippen LogP contribution is -1.96. The molecule has 1 nitrogen and oxygen atoms in total. The molecule has 0 spiro atoms. The third kappa shape index (κ3) is 3.30. The number of aryl methyl sites for hydroxylation is 1. The number of rotatable bonds is 5. The highest BCUT2D eigenvalue weighted by atomic mass is 16.5. The summed E-state index contributed by atoms with van der Waals surface area (Å²) in [4.78, 5) is 0. The van der Waals surface area contributed by atoms with Gasteiger partial charge in [0.05, 0.1) is 7.11 Å². The van der Waals surface area contributed by atoms with Gasteiger partial charge in [0.15, 0.2) is 0 Å². The molecule has 1 heteroatoms. The van der Waals surface area contributed by atoms with Crippen molar-refractivity contribution in [1.29, 1.82) is 0 Å². The van der Waals surface area contributed by atoms with Crippen LogP contribution in [0.2, 0.25) is 0 Å². The molecular weight excluding hydrogens is 268 g/mol. The van der Waals surface area contributed by atoms with E-state index >= 15 is 0 Å². The maximum atomic E-state index is 5.20. The molecule has 3 rings (SSSR count). The summed E-state index contributed by atoms with van der Waals surface area (Å²) in [5, 5.41) is 2.64. The van der Waals surface area contributed by atoms with Crippen molar-refractivity contribution in [2.24, 2.45) is 0 Å². The Morgan fingerprint density at radius 1 is 0.864 bits per heavy atom. The van der Waals surface area contributed by atoms with E-state index in [1.807, 2.05) is 12.1 Å². The zero-order valence-electron chi connectivity index (χ0n) is 13.3. The largest absolute Gasteiger partial charge is 0.497 e. The number of hydrogen-bond donors (Lipinski definition) is 0. The van der Waals surface area contributed by atoms with Crippen molar-refractivity contribution in [2.75, 3.05) is 7.11 Å². The van der Waals surface area contributed by atoms with Gasteiger partial charge in [-0.05, 0) is 52.8 Å². The Hall–Kier alpha value is -2.28. The van der Waals surface area contributed by atoms with Gasteiger partial charge >= 0.3 is 0 Å². The fourth-order valence-electron chi connectivity index (χ4n) is 2.86. The summed E-state index contributed by atoms with van der Waals surface area (Å²) < 4.78 is 5.20. The molecule has 0 aliphatic rings. The highest BCUT2D eigenvalue weighted by Gasteiger charge is 2.07. The number of fused-ring (bicyclic) bond motifs is 1. The van der Waals surface area contributed by atoms with Crippen LogP contribution in [0.1, 0.15) is 30.4 Å². The van der Waals surface area contributed by atoms with Gasteiger partial charge in [-0.3, -0.25) is 0 Å². The van der Waals surface area contributed by atoms with Crippen molar-refractivity contribution in [3.8, 4) is 5.75 Å². The van der Waals surface area contributed by atoms with E-state index in [0.717, 1.165) is 18.6 Å². The molecule has 0 amide bonds. The summed E-state index contributed by atoms with van der Waals surface area (Å²) in [7, 11) is 1.71. The molecule has 1 atom stereocenters. The second-order valence-electron chi connectivity index (χ2n) is 5.89. The zero-order valence-corrected chi connectivity index (χ0v) is 13.3. The average Bonchev–Trinajstić information content (AvgIpc) is 2.59. The number of methoxy groups -OCH3 is 1. The monoisotopic (exact) mass is 290 g/mol. The fourth-order valence-corrected chi connectivity index (χ4v) is 2.86. The molecule has 0 aromatic heterocycles. The Morgan fingerprint density at radius 3 is 2.32 bits per heavy atom. The Bertz CT molecular complexity index is 743. The minimum Gasteiger partial charge on any atom is -0.497 e. The molecule has 3 aromatic carbocycles. The van der Waals surface area contributed by atoms with E-state index in [2.05, 4.69) is 61.5 Å². The smallest absolute Gasteiger partial charge is 0.118 e. The van der Waals surface area contributed by atoms with E-state index in [-0.39, 0.29) is 0 Å². The molecule has 0 fully saturated rings. The molecule has 0 N–H and O–H groups in total. The lowest BCUT2D eigenvalue weighted by Gasteiger charge is -2.13. The Kier molecular flexibility index (Phi) is 4.43. The molecule has 0 bridgehead atoms. The highest BCUT2D eigenvalue weighted by molar-refractivity contribution is 5.83. The van der Waals surface area contributed by atoms with Crippen molar-refractivity contribution < 1.29 is 4.74 Å². The topological polar surface area (TPSA) is 9.23 Å². The van der Waals surface area contributed by atoms with Crippen LogP contribution < -0.4 is 4.74 Å². The highest BCUT2D eigenvalue weighted by Crippen LogP contribution is 2.25. The number of benzene rings is 3. The van der Waals surface area contributed by atoms with Crippen molar-refractivity contribution in [1.82, 2.24) is 0 Å². The van der Waals surface area contributed by atoms with Crippen LogP contribution in [0.4, 0.5) is 0 Å². The quantitative estimate of drug-likeness (QED) is 0.595. The predicted molar refractivity (Wildman–Crippen MR) is 93.7 cm³/mol. The van der Waals surface area contributed by atoms with Crippen molar-refractivity contribution in [2.45, 2.75) is 25.7 Å². The summed E-state index contributed by atoms with van der Waals surface area (Å²) in [6.07, 6.45) is 2.25. The lowest BCUT2D eigenvalue weighted by atomic mass is 9.92. The zero-order chi connectivity index (χ0) is 15.4. The maximum absolute atomic E-state index is 5.20. The van der Waals surface area contributed by atoms with Crippen molar-refractivity contribution in [3.05, 3.63) is 77.9 Å². The standard InChI is InChI=1S/C21H22O/c1-16(7-8-17-9-13-21(22-2)14-10-17)19-12-11-18-5-3-4-6-20(18)15-19/h3-6,9-16H,7-8H2,1-2H3. The van der Waals surface area contributed by atoms with E-state index in [1.165, 1.54) is 21.9 Å². The van der Waals surface area contributed by atoms with Gasteiger partial charge in [-0.25, -0.2) is 0 Å². The van der Waals surface area contributed by atoms with Crippen LogP contribution in [-0.4, -0.2) is 7.11 Å². The minimum atomic E-state index is 0.562. The van der Waals surface area contributed by atoms with Crippen LogP contribution in [0, 0.1) is 0 Å². The molecule has 0 saturated heterocycles. The van der Waals surface area contributed by atoms with Gasteiger partial charge in [0.25, 0.3) is 0 Å². The molecule has 0 aliphatic carbocycles. The second-order valence-corrected chi connectivity index (χ2v) is 5.89. The van der Waals surface area contributed by atoms with Gasteiger partial charge in [-0.2, -0.15) is 0 Å². The van der Waals surface area contributed by atoms with E-state index < -0.39 is 0 Å². The van der Waals surface area contributed by atoms with Crippen molar-refractivity contribution >= 4 is 10.8 Å². The predicted octanol–water partition coefficient (Wildman–Crippen LogP) is 5.58. The molecule has 0 heterocycles. The number of hydrogen-bond acceptors (Lipinski definition) is 1. The molecule has 3 aromatic rings. The first kappa shape index (κ1) is 14.6. The first-order chi connectivity index (χ1) is 10.8. The number of ether oxygens (including phenoxy) is 1. The van der Waals surface area contributed by atoms with Crippen LogP contribution in [0.3, 0.4) is 0 Å². The van der Waals surface area contributed by atoms with E-state index in [4.69, 9.17) is 4.74 Å². The Balaban J connectivity index is 1.68. The average molecular weight is 290 g/mol. The van der Waals surface area contributed by atoms with Crippen LogP contribution in [0.15, 0.2) is 66.7 Å². The van der Waals surface area contributed by atoms with Crippen LogP contribution in [0.25, 0.3) is 10.8 Å². The van der Waals surface area contributed by atoms with Gasteiger partial charge in [0.1, 0.15) is 5.75 Å². The van der Waals surface area contributed by atoms with Gasteiger partial charge in [-0.15, -0.1) is 0 Å². The first-order valence-corrected chi connectivity index (χ1v) is 7.88. The summed E-state index contributed by atoms with van der Waals surface area (Å²) in [6.45, 7) is 2.31. The normalized spacial score (nSPS) is 12.3. The van der Waals surface area contributed by atoms with Crippen LogP contribution in [-0.2, 0) is 6.42 Å². The molecule has 0 radical (unpaired) electrons. The summed E-state index contributed by atoms with van der Waals surface area (Å²) in [5.41, 5.74) is 2.79. The van der Waals surface area contributed by atoms with Crippen LogP contribution >= 0.6 is 0 Å². The Labute approximate surface area is 132 Å². The maximum Gasteiger partial charge on any atom is 0.118 e. The first-order valence-electron chi connectivity index (χ1n) is 7.88. The lowest BCUT2D eigenvalue weighted by molar-refractivity contribution is 0.414. The molecular formula is C21H22O. The van der Waals surface area contributed by atoms with Crippen molar-refractivity contribution in [3.63, 3.8) is 0 Å². The minimum absolute atomic E-state index is 0.562. The van der Waals surface area contributed by atoms with Gasteiger partial charge in [0, 0.05) is 0 Å². The summed E-state index contributed by atoms with van der Waals surface area (Å²) in [6, 6.07) is 23.8. The van der Waals surface area contributed by atoms with Gasteiger partial charge in [0.2, 0.25) is 0 Å². The third-order valence-electron chi connectivity index (χ3n) is 4.37. The summed E-state index contributed by atoms with van der Waals surface area (Å²) in [5.74, 6) is 1.48. The van der Waals surface area contributed by atoms with Gasteiger partial charge in [-0.1, -0.05) is 61.5 Å². The van der Waals surface area contributed by atoms with Crippen LogP contribution in [0.5, 0.6) is 5.75 Å². The second kappa shape index (κ2) is 6.65. The molecule has 0 aliphatic heterocycles. The fraction of sp³-hybridized carbons (Fsp3) is 0.238. The molecule has 1 unspecified atom stereocenters. The van der Waals surface area contributed by atoms with E-state index in [0.29, 0.717) is 5.92 Å². The summed E-state index contributed by atoms with van der Waals surface area (Å²) >= 11 is 0. The van der Waals surface area contributed by atoms with Gasteiger partial charge < -0.3 is 4.74 Å². The SMILES string of the molecule is COc1ccc(CCC(C)c2ccc3ccccc3c2)cc1. The van der Waals surface area contributed by atoms with E-state index in [1.54, 1.807) is 7.11 Å². The molecule has 22 heavy (non-hydrogen) atoms. The molecule has 0 saturated carbocycles.